The normalized spacial score (nSPS) is 12.7. The van der Waals surface area contributed by atoms with Gasteiger partial charge in [0, 0.05) is 43.0 Å². The van der Waals surface area contributed by atoms with Crippen molar-refractivity contribution < 1.29 is 8.78 Å². The van der Waals surface area contributed by atoms with E-state index < -0.39 is 11.6 Å². The molecule has 1 aromatic heterocycles. The van der Waals surface area contributed by atoms with Crippen LogP contribution in [0.5, 0.6) is 0 Å². The first kappa shape index (κ1) is 12.7. The van der Waals surface area contributed by atoms with Crippen LogP contribution in [-0.2, 0) is 13.6 Å². The fourth-order valence-corrected chi connectivity index (χ4v) is 1.80. The van der Waals surface area contributed by atoms with Crippen molar-refractivity contribution in [3.05, 3.63) is 53.4 Å². The number of hydrogen-bond acceptors (Lipinski definition) is 2. The molecular formula is C13H15F2N3. The maximum absolute atomic E-state index is 13.5. The molecule has 0 radical (unpaired) electrons. The van der Waals surface area contributed by atoms with Gasteiger partial charge in [0.25, 0.3) is 0 Å². The third-order valence-electron chi connectivity index (χ3n) is 2.80. The number of nitrogens with zero attached hydrogens (tertiary/aromatic N) is 2. The molecule has 18 heavy (non-hydrogen) atoms. The van der Waals surface area contributed by atoms with Gasteiger partial charge in [0.2, 0.25) is 0 Å². The Labute approximate surface area is 104 Å². The summed E-state index contributed by atoms with van der Waals surface area (Å²) in [6.07, 6.45) is 3.64. The van der Waals surface area contributed by atoms with Gasteiger partial charge in [-0.1, -0.05) is 6.07 Å². The second kappa shape index (κ2) is 5.27. The summed E-state index contributed by atoms with van der Waals surface area (Å²) in [5.74, 6) is -1.09. The van der Waals surface area contributed by atoms with Crippen molar-refractivity contribution in [2.75, 3.05) is 0 Å². The molecule has 1 heterocycles. The minimum absolute atomic E-state index is 0.189. The predicted molar refractivity (Wildman–Crippen MR) is 64.8 cm³/mol. The summed E-state index contributed by atoms with van der Waals surface area (Å²) in [5.41, 5.74) is 1.48. The highest BCUT2D eigenvalue weighted by Crippen LogP contribution is 2.18. The minimum Gasteiger partial charge on any atom is -0.306 e. The first-order valence-corrected chi connectivity index (χ1v) is 5.72. The fourth-order valence-electron chi connectivity index (χ4n) is 1.80. The van der Waals surface area contributed by atoms with Crippen molar-refractivity contribution in [2.24, 2.45) is 7.05 Å². The van der Waals surface area contributed by atoms with Crippen molar-refractivity contribution in [3.63, 3.8) is 0 Å². The average molecular weight is 251 g/mol. The van der Waals surface area contributed by atoms with E-state index >= 15 is 0 Å². The molecule has 0 aliphatic carbocycles. The molecule has 1 aromatic carbocycles. The van der Waals surface area contributed by atoms with Crippen molar-refractivity contribution in [1.29, 1.82) is 0 Å². The summed E-state index contributed by atoms with van der Waals surface area (Å²) < 4.78 is 28.0. The smallest absolute Gasteiger partial charge is 0.130 e. The van der Waals surface area contributed by atoms with Gasteiger partial charge in [0.05, 0.1) is 6.20 Å². The summed E-state index contributed by atoms with van der Waals surface area (Å²) in [5, 5.41) is 7.22. The largest absolute Gasteiger partial charge is 0.306 e. The first-order chi connectivity index (χ1) is 8.56. The highest BCUT2D eigenvalue weighted by atomic mass is 19.1. The van der Waals surface area contributed by atoms with Crippen LogP contribution in [0.15, 0.2) is 30.6 Å². The second-order valence-electron chi connectivity index (χ2n) is 4.29. The summed E-state index contributed by atoms with van der Waals surface area (Å²) in [7, 11) is 1.84. The maximum atomic E-state index is 13.5. The standard InChI is InChI=1S/C13H15F2N3/c1-9(12-4-3-11(14)5-13(12)15)16-6-10-7-17-18(2)8-10/h3-5,7-9,16H,6H2,1-2H3. The molecular weight excluding hydrogens is 236 g/mol. The molecule has 2 rings (SSSR count). The highest BCUT2D eigenvalue weighted by Gasteiger charge is 2.11. The lowest BCUT2D eigenvalue weighted by atomic mass is 10.1. The van der Waals surface area contributed by atoms with Crippen LogP contribution < -0.4 is 5.32 Å². The summed E-state index contributed by atoms with van der Waals surface area (Å²) in [4.78, 5) is 0. The van der Waals surface area contributed by atoms with Crippen molar-refractivity contribution >= 4 is 0 Å². The van der Waals surface area contributed by atoms with Crippen LogP contribution in [0.2, 0.25) is 0 Å². The zero-order valence-corrected chi connectivity index (χ0v) is 10.3. The molecule has 96 valence electrons. The molecule has 0 aliphatic rings. The predicted octanol–water partition coefficient (Wildman–Crippen LogP) is 2.55. The van der Waals surface area contributed by atoms with Gasteiger partial charge >= 0.3 is 0 Å². The number of halogens is 2. The second-order valence-corrected chi connectivity index (χ2v) is 4.29. The first-order valence-electron chi connectivity index (χ1n) is 5.72. The molecule has 1 unspecified atom stereocenters. The monoisotopic (exact) mass is 251 g/mol. The molecule has 3 nitrogen and oxygen atoms in total. The highest BCUT2D eigenvalue weighted by molar-refractivity contribution is 5.21. The SMILES string of the molecule is CC(NCc1cnn(C)c1)c1ccc(F)cc1F. The number of rotatable bonds is 4. The van der Waals surface area contributed by atoms with E-state index in [0.29, 0.717) is 12.1 Å². The molecule has 0 amide bonds. The molecule has 0 spiro atoms. The Morgan fingerprint density at radius 1 is 1.39 bits per heavy atom. The van der Waals surface area contributed by atoms with Crippen LogP contribution in [0.3, 0.4) is 0 Å². The molecule has 5 heteroatoms. The Kier molecular flexibility index (Phi) is 3.72. The third-order valence-corrected chi connectivity index (χ3v) is 2.80. The third kappa shape index (κ3) is 2.92. The quantitative estimate of drug-likeness (QED) is 0.905. The molecule has 0 fully saturated rings. The van der Waals surface area contributed by atoms with E-state index in [2.05, 4.69) is 10.4 Å². The van der Waals surface area contributed by atoms with Crippen LogP contribution in [0.25, 0.3) is 0 Å². The van der Waals surface area contributed by atoms with Crippen LogP contribution in [0, 0.1) is 11.6 Å². The number of nitrogens with one attached hydrogen (secondary N) is 1. The van der Waals surface area contributed by atoms with E-state index in [9.17, 15) is 8.78 Å². The Morgan fingerprint density at radius 3 is 2.78 bits per heavy atom. The maximum Gasteiger partial charge on any atom is 0.130 e. The molecule has 0 bridgehead atoms. The van der Waals surface area contributed by atoms with Gasteiger partial charge in [0.15, 0.2) is 0 Å². The fraction of sp³-hybridized carbons (Fsp3) is 0.308. The number of aryl methyl sites for hydroxylation is 1. The van der Waals surface area contributed by atoms with Crippen molar-refractivity contribution in [3.8, 4) is 0 Å². The van der Waals surface area contributed by atoms with Crippen molar-refractivity contribution in [1.82, 2.24) is 15.1 Å². The molecule has 0 saturated carbocycles. The molecule has 1 N–H and O–H groups in total. The van der Waals surface area contributed by atoms with E-state index in [4.69, 9.17) is 0 Å². The number of hydrogen-bond donors (Lipinski definition) is 1. The van der Waals surface area contributed by atoms with E-state index in [1.807, 2.05) is 20.2 Å². The Bertz CT molecular complexity index is 537. The van der Waals surface area contributed by atoms with Gasteiger partial charge in [-0.05, 0) is 13.0 Å². The van der Waals surface area contributed by atoms with Crippen LogP contribution in [-0.4, -0.2) is 9.78 Å². The lowest BCUT2D eigenvalue weighted by Gasteiger charge is -2.14. The molecule has 2 aromatic rings. The summed E-state index contributed by atoms with van der Waals surface area (Å²) >= 11 is 0. The van der Waals surface area contributed by atoms with Crippen LogP contribution in [0.1, 0.15) is 24.1 Å². The van der Waals surface area contributed by atoms with E-state index in [-0.39, 0.29) is 6.04 Å². The zero-order valence-electron chi connectivity index (χ0n) is 10.3. The summed E-state index contributed by atoms with van der Waals surface area (Å²) in [6, 6.07) is 3.44. The lowest BCUT2D eigenvalue weighted by molar-refractivity contribution is 0.517. The number of aromatic nitrogens is 2. The van der Waals surface area contributed by atoms with E-state index in [1.54, 1.807) is 10.9 Å². The van der Waals surface area contributed by atoms with Crippen molar-refractivity contribution in [2.45, 2.75) is 19.5 Å². The Balaban J connectivity index is 2.01. The van der Waals surface area contributed by atoms with Gasteiger partial charge in [-0.25, -0.2) is 8.78 Å². The Morgan fingerprint density at radius 2 is 2.17 bits per heavy atom. The van der Waals surface area contributed by atoms with Gasteiger partial charge in [-0.3, -0.25) is 4.68 Å². The van der Waals surface area contributed by atoms with Gasteiger partial charge in [-0.2, -0.15) is 5.10 Å². The lowest BCUT2D eigenvalue weighted by Crippen LogP contribution is -2.19. The van der Waals surface area contributed by atoms with Crippen LogP contribution in [0.4, 0.5) is 8.78 Å². The average Bonchev–Trinajstić information content (AvgIpc) is 2.72. The zero-order chi connectivity index (χ0) is 13.1. The minimum atomic E-state index is -0.560. The topological polar surface area (TPSA) is 29.9 Å². The van der Waals surface area contributed by atoms with E-state index in [1.165, 1.54) is 12.1 Å². The molecule has 0 aliphatic heterocycles. The molecule has 1 atom stereocenters. The van der Waals surface area contributed by atoms with Gasteiger partial charge < -0.3 is 5.32 Å². The van der Waals surface area contributed by atoms with E-state index in [0.717, 1.165) is 11.6 Å². The van der Waals surface area contributed by atoms with Crippen LogP contribution >= 0.6 is 0 Å². The van der Waals surface area contributed by atoms with Gasteiger partial charge in [0.1, 0.15) is 11.6 Å². The van der Waals surface area contributed by atoms with Gasteiger partial charge in [-0.15, -0.1) is 0 Å². The summed E-state index contributed by atoms with van der Waals surface area (Å²) in [6.45, 7) is 2.43. The molecule has 0 saturated heterocycles. The Hall–Kier alpha value is -1.75. The number of benzene rings is 1.